The zero-order valence-electron chi connectivity index (χ0n) is 14.1. The highest BCUT2D eigenvalue weighted by Gasteiger charge is 2.16. The van der Waals surface area contributed by atoms with Crippen LogP contribution in [-0.4, -0.2) is 32.2 Å². The lowest BCUT2D eigenvalue weighted by Gasteiger charge is -2.09. The normalized spacial score (nSPS) is 10.8. The van der Waals surface area contributed by atoms with Gasteiger partial charge in [0, 0.05) is 11.3 Å². The number of H-pyrrole nitrogens is 1. The summed E-state index contributed by atoms with van der Waals surface area (Å²) >= 11 is 0. The second-order valence-electron chi connectivity index (χ2n) is 5.62. The van der Waals surface area contributed by atoms with E-state index in [2.05, 4.69) is 20.4 Å². The number of aromatic nitrogens is 4. The second kappa shape index (κ2) is 6.72. The van der Waals surface area contributed by atoms with E-state index in [0.717, 1.165) is 22.8 Å². The average Bonchev–Trinajstić information content (AvgIpc) is 3.26. The summed E-state index contributed by atoms with van der Waals surface area (Å²) in [5.74, 6) is 1.02. The Labute approximate surface area is 149 Å². The number of nitrogens with zero attached hydrogens (tertiary/aromatic N) is 3. The number of esters is 1. The fourth-order valence-corrected chi connectivity index (χ4v) is 2.72. The third-order valence-corrected chi connectivity index (χ3v) is 3.93. The summed E-state index contributed by atoms with van der Waals surface area (Å²) in [5, 5.41) is 6.41. The van der Waals surface area contributed by atoms with Gasteiger partial charge in [-0.1, -0.05) is 30.3 Å². The molecular formula is C19H17N5O2. The van der Waals surface area contributed by atoms with E-state index in [1.165, 1.54) is 0 Å². The van der Waals surface area contributed by atoms with Gasteiger partial charge in [0.15, 0.2) is 5.82 Å². The lowest BCUT2D eigenvalue weighted by Crippen LogP contribution is -2.04. The molecule has 0 radical (unpaired) electrons. The Hall–Kier alpha value is -3.61. The Balaban J connectivity index is 1.69. The Morgan fingerprint density at radius 1 is 1.15 bits per heavy atom. The van der Waals surface area contributed by atoms with Crippen molar-refractivity contribution in [2.75, 3.05) is 11.9 Å². The lowest BCUT2D eigenvalue weighted by atomic mass is 10.1. The van der Waals surface area contributed by atoms with Gasteiger partial charge in [0.05, 0.1) is 12.2 Å². The van der Waals surface area contributed by atoms with E-state index in [1.54, 1.807) is 29.9 Å². The van der Waals surface area contributed by atoms with Gasteiger partial charge in [0.25, 0.3) is 5.78 Å². The van der Waals surface area contributed by atoms with E-state index >= 15 is 0 Å². The highest BCUT2D eigenvalue weighted by molar-refractivity contribution is 5.90. The number of rotatable bonds is 5. The first-order chi connectivity index (χ1) is 12.8. The van der Waals surface area contributed by atoms with E-state index in [9.17, 15) is 4.79 Å². The molecule has 7 nitrogen and oxygen atoms in total. The molecule has 0 bridgehead atoms. The van der Waals surface area contributed by atoms with Crippen LogP contribution in [0.25, 0.3) is 17.0 Å². The van der Waals surface area contributed by atoms with Gasteiger partial charge in [-0.05, 0) is 31.2 Å². The number of benzene rings is 2. The van der Waals surface area contributed by atoms with Crippen LogP contribution in [-0.2, 0) is 4.74 Å². The molecule has 2 N–H and O–H groups in total. The number of hydrogen-bond acceptors (Lipinski definition) is 5. The van der Waals surface area contributed by atoms with Gasteiger partial charge < -0.3 is 10.1 Å². The van der Waals surface area contributed by atoms with Crippen molar-refractivity contribution in [2.45, 2.75) is 6.92 Å². The molecule has 2 heterocycles. The zero-order chi connectivity index (χ0) is 17.9. The first-order valence-electron chi connectivity index (χ1n) is 8.27. The summed E-state index contributed by atoms with van der Waals surface area (Å²) in [7, 11) is 0. The Morgan fingerprint density at radius 2 is 1.92 bits per heavy atom. The minimum absolute atomic E-state index is 0.329. The molecule has 26 heavy (non-hydrogen) atoms. The van der Waals surface area contributed by atoms with Crippen molar-refractivity contribution in [1.82, 2.24) is 19.6 Å². The number of nitrogens with one attached hydrogen (secondary N) is 2. The first kappa shape index (κ1) is 15.9. The van der Waals surface area contributed by atoms with Crippen molar-refractivity contribution in [3.05, 3.63) is 66.5 Å². The molecule has 130 valence electrons. The number of carbonyl (C=O) groups is 1. The molecule has 0 aliphatic heterocycles. The molecular weight excluding hydrogens is 330 g/mol. The SMILES string of the molecule is CCOC(=O)c1ccc(Nc2c(-c3ccccc3)nc3nc[nH]n23)cc1. The number of hydrogen-bond donors (Lipinski definition) is 2. The van der Waals surface area contributed by atoms with Crippen molar-refractivity contribution in [2.24, 2.45) is 0 Å². The molecule has 7 heteroatoms. The summed E-state index contributed by atoms with van der Waals surface area (Å²) in [6.45, 7) is 2.14. The van der Waals surface area contributed by atoms with Gasteiger partial charge in [-0.3, -0.25) is 5.10 Å². The maximum atomic E-state index is 11.8. The summed E-state index contributed by atoms with van der Waals surface area (Å²) < 4.78 is 6.79. The smallest absolute Gasteiger partial charge is 0.338 e. The topological polar surface area (TPSA) is 84.3 Å². The number of carbonyl (C=O) groups excluding carboxylic acids is 1. The molecule has 0 aliphatic carbocycles. The van der Waals surface area contributed by atoms with E-state index < -0.39 is 0 Å². The highest BCUT2D eigenvalue weighted by Crippen LogP contribution is 2.30. The van der Waals surface area contributed by atoms with Crippen LogP contribution in [0.15, 0.2) is 60.9 Å². The summed E-state index contributed by atoms with van der Waals surface area (Å²) in [5.41, 5.74) is 3.11. The quantitative estimate of drug-likeness (QED) is 0.538. The van der Waals surface area contributed by atoms with Crippen LogP contribution in [0.5, 0.6) is 0 Å². The number of anilines is 2. The van der Waals surface area contributed by atoms with Crippen molar-refractivity contribution < 1.29 is 9.53 Å². The van der Waals surface area contributed by atoms with Crippen LogP contribution in [0.3, 0.4) is 0 Å². The molecule has 0 saturated carbocycles. The van der Waals surface area contributed by atoms with Gasteiger partial charge in [-0.25, -0.2) is 19.3 Å². The molecule has 2 aromatic heterocycles. The van der Waals surface area contributed by atoms with Gasteiger partial charge >= 0.3 is 5.97 Å². The van der Waals surface area contributed by atoms with E-state index in [1.807, 2.05) is 42.5 Å². The molecule has 0 atom stereocenters. The third-order valence-electron chi connectivity index (χ3n) is 3.93. The molecule has 0 unspecified atom stereocenters. The fraction of sp³-hybridized carbons (Fsp3) is 0.105. The van der Waals surface area contributed by atoms with Gasteiger partial charge in [-0.15, -0.1) is 0 Å². The van der Waals surface area contributed by atoms with Gasteiger partial charge in [0.2, 0.25) is 0 Å². The molecule has 0 fully saturated rings. The average molecular weight is 347 g/mol. The predicted octanol–water partition coefficient (Wildman–Crippen LogP) is 3.64. The van der Waals surface area contributed by atoms with Gasteiger partial charge in [-0.2, -0.15) is 0 Å². The molecule has 2 aromatic carbocycles. The standard InChI is InChI=1S/C19H17N5O2/c1-2-26-18(25)14-8-10-15(11-9-14)22-17-16(13-6-4-3-5-7-13)23-19-20-12-21-24(17)19/h3-12,22H,2H2,1H3,(H,20,21,23). The molecule has 0 amide bonds. The van der Waals surface area contributed by atoms with Crippen LogP contribution < -0.4 is 5.32 Å². The van der Waals surface area contributed by atoms with Crippen molar-refractivity contribution in [3.63, 3.8) is 0 Å². The maximum Gasteiger partial charge on any atom is 0.338 e. The van der Waals surface area contributed by atoms with Crippen LogP contribution in [0.1, 0.15) is 17.3 Å². The van der Waals surface area contributed by atoms with Crippen molar-refractivity contribution >= 4 is 23.3 Å². The Morgan fingerprint density at radius 3 is 2.65 bits per heavy atom. The predicted molar refractivity (Wildman–Crippen MR) is 98.5 cm³/mol. The van der Waals surface area contributed by atoms with Crippen LogP contribution in [0, 0.1) is 0 Å². The molecule has 0 saturated heterocycles. The monoisotopic (exact) mass is 347 g/mol. The van der Waals surface area contributed by atoms with Gasteiger partial charge in [0.1, 0.15) is 12.0 Å². The van der Waals surface area contributed by atoms with E-state index in [4.69, 9.17) is 4.74 Å². The van der Waals surface area contributed by atoms with Crippen LogP contribution >= 0.6 is 0 Å². The highest BCUT2D eigenvalue weighted by atomic mass is 16.5. The summed E-state index contributed by atoms with van der Waals surface area (Å²) in [6, 6.07) is 17.0. The second-order valence-corrected chi connectivity index (χ2v) is 5.62. The molecule has 4 rings (SSSR count). The first-order valence-corrected chi connectivity index (χ1v) is 8.27. The number of fused-ring (bicyclic) bond motifs is 1. The van der Waals surface area contributed by atoms with Crippen LogP contribution in [0.4, 0.5) is 11.5 Å². The van der Waals surface area contributed by atoms with Crippen LogP contribution in [0.2, 0.25) is 0 Å². The maximum absolute atomic E-state index is 11.8. The van der Waals surface area contributed by atoms with Crippen molar-refractivity contribution in [3.8, 4) is 11.3 Å². The summed E-state index contributed by atoms with van der Waals surface area (Å²) in [4.78, 5) is 20.6. The fourth-order valence-electron chi connectivity index (χ4n) is 2.72. The number of aromatic amines is 1. The Bertz CT molecular complexity index is 1030. The molecule has 4 aromatic rings. The molecule has 0 aliphatic rings. The number of imidazole rings is 1. The zero-order valence-corrected chi connectivity index (χ0v) is 14.1. The van der Waals surface area contributed by atoms with Crippen molar-refractivity contribution in [1.29, 1.82) is 0 Å². The largest absolute Gasteiger partial charge is 0.462 e. The van der Waals surface area contributed by atoms with E-state index in [-0.39, 0.29) is 5.97 Å². The summed E-state index contributed by atoms with van der Waals surface area (Å²) in [6.07, 6.45) is 1.59. The Kier molecular flexibility index (Phi) is 4.10. The minimum atomic E-state index is -0.329. The number of ether oxygens (including phenoxy) is 1. The van der Waals surface area contributed by atoms with E-state index in [0.29, 0.717) is 17.9 Å². The molecule has 0 spiro atoms. The lowest BCUT2D eigenvalue weighted by molar-refractivity contribution is 0.0526. The minimum Gasteiger partial charge on any atom is -0.462 e. The third kappa shape index (κ3) is 2.90.